The van der Waals surface area contributed by atoms with Gasteiger partial charge in [0, 0.05) is 12.7 Å². The quantitative estimate of drug-likeness (QED) is 0.776. The van der Waals surface area contributed by atoms with Crippen LogP contribution in [-0.2, 0) is 6.54 Å². The zero-order valence-electron chi connectivity index (χ0n) is 6.70. The first-order valence-corrected chi connectivity index (χ1v) is 4.46. The second-order valence-electron chi connectivity index (χ2n) is 3.40. The van der Waals surface area contributed by atoms with E-state index in [9.17, 15) is 5.11 Å². The van der Waals surface area contributed by atoms with Crippen molar-refractivity contribution in [2.75, 3.05) is 0 Å². The van der Waals surface area contributed by atoms with Crippen LogP contribution in [0.25, 0.3) is 0 Å². The van der Waals surface area contributed by atoms with E-state index in [1.165, 1.54) is 0 Å². The van der Waals surface area contributed by atoms with Gasteiger partial charge >= 0.3 is 0 Å². The first-order valence-electron chi connectivity index (χ1n) is 4.08. The monoisotopic (exact) mass is 186 g/mol. The summed E-state index contributed by atoms with van der Waals surface area (Å²) in [7, 11) is 0. The molecule has 1 aliphatic rings. The number of aliphatic hydroxyl groups is 1. The summed E-state index contributed by atoms with van der Waals surface area (Å²) >= 11 is 5.68. The Morgan fingerprint density at radius 3 is 2.92 bits per heavy atom. The summed E-state index contributed by atoms with van der Waals surface area (Å²) < 4.78 is 1.76. The van der Waals surface area contributed by atoms with Crippen molar-refractivity contribution in [2.24, 2.45) is 0 Å². The second kappa shape index (κ2) is 2.75. The van der Waals surface area contributed by atoms with Crippen LogP contribution in [0.15, 0.2) is 12.4 Å². The van der Waals surface area contributed by atoms with Crippen molar-refractivity contribution in [1.82, 2.24) is 9.78 Å². The number of hydrogen-bond donors (Lipinski definition) is 1. The molecular weight excluding hydrogens is 176 g/mol. The van der Waals surface area contributed by atoms with E-state index < -0.39 is 5.60 Å². The molecule has 1 aliphatic carbocycles. The van der Waals surface area contributed by atoms with Gasteiger partial charge in [-0.1, -0.05) is 11.6 Å². The maximum Gasteiger partial charge on any atom is 0.0785 e. The van der Waals surface area contributed by atoms with Gasteiger partial charge in [0.25, 0.3) is 0 Å². The van der Waals surface area contributed by atoms with E-state index in [0.717, 1.165) is 25.8 Å². The van der Waals surface area contributed by atoms with Crippen LogP contribution in [0.5, 0.6) is 0 Å². The summed E-state index contributed by atoms with van der Waals surface area (Å²) in [6, 6.07) is 0. The maximum absolute atomic E-state index is 9.52. The van der Waals surface area contributed by atoms with Crippen LogP contribution in [0.1, 0.15) is 19.3 Å². The number of halogens is 1. The van der Waals surface area contributed by atoms with Crippen LogP contribution < -0.4 is 0 Å². The fourth-order valence-corrected chi connectivity index (χ4v) is 1.33. The molecule has 0 atom stereocenters. The van der Waals surface area contributed by atoms with Crippen LogP contribution in [0.3, 0.4) is 0 Å². The fraction of sp³-hybridized carbons (Fsp3) is 0.625. The lowest BCUT2D eigenvalue weighted by Gasteiger charge is -2.06. The Morgan fingerprint density at radius 2 is 2.42 bits per heavy atom. The van der Waals surface area contributed by atoms with Gasteiger partial charge in [-0.2, -0.15) is 5.10 Å². The third kappa shape index (κ3) is 1.79. The largest absolute Gasteiger partial charge is 0.390 e. The average Bonchev–Trinajstić information content (AvgIpc) is 2.60. The Balaban J connectivity index is 1.87. The number of rotatable bonds is 3. The molecule has 0 amide bonds. The molecule has 2 rings (SSSR count). The number of aryl methyl sites for hydroxylation is 1. The van der Waals surface area contributed by atoms with Gasteiger partial charge in [0.15, 0.2) is 0 Å². The van der Waals surface area contributed by atoms with E-state index in [1.807, 2.05) is 0 Å². The van der Waals surface area contributed by atoms with Crippen molar-refractivity contribution in [2.45, 2.75) is 31.4 Å². The van der Waals surface area contributed by atoms with Gasteiger partial charge < -0.3 is 5.11 Å². The minimum absolute atomic E-state index is 0.390. The third-order valence-electron chi connectivity index (χ3n) is 2.24. The Hall–Kier alpha value is -0.540. The highest BCUT2D eigenvalue weighted by atomic mass is 35.5. The molecule has 0 bridgehead atoms. The van der Waals surface area contributed by atoms with Crippen molar-refractivity contribution in [1.29, 1.82) is 0 Å². The molecule has 4 heteroatoms. The van der Waals surface area contributed by atoms with E-state index in [0.29, 0.717) is 5.02 Å². The van der Waals surface area contributed by atoms with Gasteiger partial charge in [0.05, 0.1) is 16.8 Å². The van der Waals surface area contributed by atoms with Gasteiger partial charge in [0.2, 0.25) is 0 Å². The molecular formula is C8H11ClN2O. The molecule has 1 fully saturated rings. The fourth-order valence-electron chi connectivity index (χ4n) is 1.18. The first kappa shape index (κ1) is 8.08. The molecule has 1 N–H and O–H groups in total. The molecule has 0 unspecified atom stereocenters. The van der Waals surface area contributed by atoms with Gasteiger partial charge in [-0.25, -0.2) is 0 Å². The first-order chi connectivity index (χ1) is 5.68. The summed E-state index contributed by atoms with van der Waals surface area (Å²) in [4.78, 5) is 0. The van der Waals surface area contributed by atoms with Gasteiger partial charge in [0.1, 0.15) is 0 Å². The van der Waals surface area contributed by atoms with E-state index in [4.69, 9.17) is 11.6 Å². The Morgan fingerprint density at radius 1 is 1.67 bits per heavy atom. The highest BCUT2D eigenvalue weighted by molar-refractivity contribution is 6.30. The van der Waals surface area contributed by atoms with Crippen LogP contribution in [0.4, 0.5) is 0 Å². The standard InChI is InChI=1S/C8H11ClN2O/c9-7-5-10-11(6-7)4-3-8(12)1-2-8/h5-6,12H,1-4H2. The maximum atomic E-state index is 9.52. The van der Waals surface area contributed by atoms with E-state index in [2.05, 4.69) is 5.10 Å². The summed E-state index contributed by atoms with van der Waals surface area (Å²) in [6.07, 6.45) is 6.03. The molecule has 1 aromatic heterocycles. The lowest BCUT2D eigenvalue weighted by molar-refractivity contribution is 0.132. The molecule has 0 aliphatic heterocycles. The van der Waals surface area contributed by atoms with E-state index >= 15 is 0 Å². The topological polar surface area (TPSA) is 38.0 Å². The minimum Gasteiger partial charge on any atom is -0.390 e. The molecule has 0 saturated heterocycles. The second-order valence-corrected chi connectivity index (χ2v) is 3.83. The van der Waals surface area contributed by atoms with Gasteiger partial charge in [-0.05, 0) is 19.3 Å². The zero-order valence-corrected chi connectivity index (χ0v) is 7.46. The lowest BCUT2D eigenvalue weighted by atomic mass is 10.2. The Labute approximate surface area is 76.0 Å². The Bertz CT molecular complexity index is 280. The molecule has 1 aromatic rings. The number of aromatic nitrogens is 2. The summed E-state index contributed by atoms with van der Waals surface area (Å²) in [5.74, 6) is 0. The summed E-state index contributed by atoms with van der Waals surface area (Å²) in [5, 5.41) is 14.2. The van der Waals surface area contributed by atoms with Crippen LogP contribution in [0.2, 0.25) is 5.02 Å². The SMILES string of the molecule is OC1(CCn2cc(Cl)cn2)CC1. The smallest absolute Gasteiger partial charge is 0.0785 e. The minimum atomic E-state index is -0.390. The average molecular weight is 187 g/mol. The number of hydrogen-bond acceptors (Lipinski definition) is 2. The zero-order chi connectivity index (χ0) is 8.60. The molecule has 0 aromatic carbocycles. The Kier molecular flexibility index (Phi) is 1.85. The van der Waals surface area contributed by atoms with Crippen molar-refractivity contribution in [3.63, 3.8) is 0 Å². The third-order valence-corrected chi connectivity index (χ3v) is 2.43. The van der Waals surface area contributed by atoms with Crippen LogP contribution in [-0.4, -0.2) is 20.5 Å². The molecule has 1 heterocycles. The molecule has 1 saturated carbocycles. The van der Waals surface area contributed by atoms with Crippen molar-refractivity contribution >= 4 is 11.6 Å². The predicted molar refractivity (Wildman–Crippen MR) is 46.0 cm³/mol. The lowest BCUT2D eigenvalue weighted by Crippen LogP contribution is -2.11. The van der Waals surface area contributed by atoms with Crippen molar-refractivity contribution < 1.29 is 5.11 Å². The van der Waals surface area contributed by atoms with Crippen molar-refractivity contribution in [3.05, 3.63) is 17.4 Å². The summed E-state index contributed by atoms with van der Waals surface area (Å²) in [6.45, 7) is 0.753. The van der Waals surface area contributed by atoms with Crippen LogP contribution in [0, 0.1) is 0 Å². The molecule has 0 spiro atoms. The number of nitrogens with zero attached hydrogens (tertiary/aromatic N) is 2. The predicted octanol–water partition coefficient (Wildman–Crippen LogP) is 1.45. The van der Waals surface area contributed by atoms with E-state index in [-0.39, 0.29) is 0 Å². The van der Waals surface area contributed by atoms with Gasteiger partial charge in [-0.15, -0.1) is 0 Å². The van der Waals surface area contributed by atoms with Crippen molar-refractivity contribution in [3.8, 4) is 0 Å². The van der Waals surface area contributed by atoms with Gasteiger partial charge in [-0.3, -0.25) is 4.68 Å². The highest BCUT2D eigenvalue weighted by Gasteiger charge is 2.39. The molecule has 66 valence electrons. The summed E-state index contributed by atoms with van der Waals surface area (Å²) in [5.41, 5.74) is -0.390. The highest BCUT2D eigenvalue weighted by Crippen LogP contribution is 2.38. The molecule has 0 radical (unpaired) electrons. The molecule has 3 nitrogen and oxygen atoms in total. The normalized spacial score (nSPS) is 19.5. The molecule has 12 heavy (non-hydrogen) atoms. The van der Waals surface area contributed by atoms with Crippen LogP contribution >= 0.6 is 11.6 Å². The van der Waals surface area contributed by atoms with E-state index in [1.54, 1.807) is 17.1 Å².